The predicted molar refractivity (Wildman–Crippen MR) is 88.0 cm³/mol. The lowest BCUT2D eigenvalue weighted by Gasteiger charge is -2.13. The van der Waals surface area contributed by atoms with Crippen molar-refractivity contribution >= 4 is 49.8 Å². The maximum atomic E-state index is 12.5. The van der Waals surface area contributed by atoms with Gasteiger partial charge in [-0.1, -0.05) is 11.3 Å². The maximum absolute atomic E-state index is 12.5. The van der Waals surface area contributed by atoms with Crippen molar-refractivity contribution in [1.29, 1.82) is 0 Å². The van der Waals surface area contributed by atoms with Gasteiger partial charge in [0.25, 0.3) is 5.91 Å². The van der Waals surface area contributed by atoms with Gasteiger partial charge in [0.2, 0.25) is 0 Å². The predicted octanol–water partition coefficient (Wildman–Crippen LogP) is 3.42. The first kappa shape index (κ1) is 14.7. The van der Waals surface area contributed by atoms with Crippen LogP contribution in [-0.4, -0.2) is 31.0 Å². The van der Waals surface area contributed by atoms with Gasteiger partial charge in [0, 0.05) is 17.3 Å². The van der Waals surface area contributed by atoms with Crippen LogP contribution in [0.3, 0.4) is 0 Å². The van der Waals surface area contributed by atoms with Crippen LogP contribution in [-0.2, 0) is 4.74 Å². The summed E-state index contributed by atoms with van der Waals surface area (Å²) in [7, 11) is 2.95. The molecule has 0 saturated carbocycles. The fraction of sp³-hybridized carbons (Fsp3) is 0.133. The Kier molecular flexibility index (Phi) is 3.91. The quantitative estimate of drug-likeness (QED) is 0.690. The lowest BCUT2D eigenvalue weighted by Crippen LogP contribution is -2.25. The Morgan fingerprint density at radius 3 is 2.86 bits per heavy atom. The average Bonchev–Trinajstić information content (AvgIpc) is 3.20. The molecule has 3 rings (SSSR count). The molecule has 0 N–H and O–H groups in total. The SMILES string of the molecule is COC(=O)c1cnc(N(C)C(=O)c2ccc3sccc3c2)s1. The van der Waals surface area contributed by atoms with Gasteiger partial charge in [-0.2, -0.15) is 0 Å². The van der Waals surface area contributed by atoms with Crippen LogP contribution in [0.2, 0.25) is 0 Å². The van der Waals surface area contributed by atoms with Gasteiger partial charge < -0.3 is 4.74 Å². The Hall–Kier alpha value is -2.25. The molecule has 1 amide bonds. The zero-order valence-electron chi connectivity index (χ0n) is 11.9. The van der Waals surface area contributed by atoms with Crippen molar-refractivity contribution < 1.29 is 14.3 Å². The van der Waals surface area contributed by atoms with E-state index in [4.69, 9.17) is 0 Å². The van der Waals surface area contributed by atoms with Crippen LogP contribution < -0.4 is 4.90 Å². The molecule has 112 valence electrons. The third-order valence-electron chi connectivity index (χ3n) is 3.17. The summed E-state index contributed by atoms with van der Waals surface area (Å²) in [5.41, 5.74) is 0.586. The lowest BCUT2D eigenvalue weighted by atomic mass is 10.1. The van der Waals surface area contributed by atoms with Crippen LogP contribution >= 0.6 is 22.7 Å². The highest BCUT2D eigenvalue weighted by molar-refractivity contribution is 7.17. The molecule has 5 nitrogen and oxygen atoms in total. The maximum Gasteiger partial charge on any atom is 0.349 e. The number of rotatable bonds is 3. The normalized spacial score (nSPS) is 10.6. The Morgan fingerprint density at radius 1 is 1.27 bits per heavy atom. The first-order valence-electron chi connectivity index (χ1n) is 6.39. The monoisotopic (exact) mass is 332 g/mol. The highest BCUT2D eigenvalue weighted by Gasteiger charge is 2.19. The average molecular weight is 332 g/mol. The second kappa shape index (κ2) is 5.86. The topological polar surface area (TPSA) is 59.5 Å². The standard InChI is InChI=1S/C15H12N2O3S2/c1-17(15-16-8-12(22-15)14(19)20-2)13(18)10-3-4-11-9(7-10)5-6-21-11/h3-8H,1-2H3. The number of ether oxygens (including phenoxy) is 1. The van der Waals surface area contributed by atoms with Crippen molar-refractivity contribution in [2.45, 2.75) is 0 Å². The van der Waals surface area contributed by atoms with Crippen LogP contribution in [0.1, 0.15) is 20.0 Å². The number of esters is 1. The van der Waals surface area contributed by atoms with Gasteiger partial charge in [0.05, 0.1) is 13.3 Å². The third-order valence-corrected chi connectivity index (χ3v) is 5.12. The first-order chi connectivity index (χ1) is 10.6. The number of amides is 1. The van der Waals surface area contributed by atoms with Crippen molar-refractivity contribution in [2.24, 2.45) is 0 Å². The number of nitrogens with zero attached hydrogens (tertiary/aromatic N) is 2. The number of thiazole rings is 1. The summed E-state index contributed by atoms with van der Waals surface area (Å²) >= 11 is 2.76. The van der Waals surface area contributed by atoms with Crippen molar-refractivity contribution in [2.75, 3.05) is 19.1 Å². The van der Waals surface area contributed by atoms with Crippen LogP contribution in [0.4, 0.5) is 5.13 Å². The molecule has 2 aromatic heterocycles. The van der Waals surface area contributed by atoms with Gasteiger partial charge in [-0.25, -0.2) is 9.78 Å². The molecule has 0 unspecified atom stereocenters. The molecule has 0 saturated heterocycles. The summed E-state index contributed by atoms with van der Waals surface area (Å²) in [6.07, 6.45) is 1.41. The highest BCUT2D eigenvalue weighted by atomic mass is 32.1. The zero-order valence-corrected chi connectivity index (χ0v) is 13.5. The highest BCUT2D eigenvalue weighted by Crippen LogP contribution is 2.26. The van der Waals surface area contributed by atoms with Crippen LogP contribution in [0.5, 0.6) is 0 Å². The number of aromatic nitrogens is 1. The minimum absolute atomic E-state index is 0.168. The summed E-state index contributed by atoms with van der Waals surface area (Å²) in [5, 5.41) is 3.49. The van der Waals surface area contributed by atoms with E-state index in [9.17, 15) is 9.59 Å². The number of anilines is 1. The van der Waals surface area contributed by atoms with Crippen molar-refractivity contribution in [3.05, 3.63) is 46.3 Å². The molecule has 3 aromatic rings. The number of fused-ring (bicyclic) bond motifs is 1. The molecule has 0 bridgehead atoms. The molecule has 0 atom stereocenters. The summed E-state index contributed by atoms with van der Waals surface area (Å²) in [6.45, 7) is 0. The van der Waals surface area contributed by atoms with E-state index in [0.29, 0.717) is 15.6 Å². The van der Waals surface area contributed by atoms with E-state index in [0.717, 1.165) is 21.4 Å². The van der Waals surface area contributed by atoms with Gasteiger partial charge in [0.1, 0.15) is 4.88 Å². The van der Waals surface area contributed by atoms with Gasteiger partial charge in [0.15, 0.2) is 5.13 Å². The summed E-state index contributed by atoms with van der Waals surface area (Å²) in [6, 6.07) is 7.57. The lowest BCUT2D eigenvalue weighted by molar-refractivity contribution is 0.0606. The van der Waals surface area contributed by atoms with Crippen molar-refractivity contribution in [1.82, 2.24) is 4.98 Å². The van der Waals surface area contributed by atoms with E-state index in [-0.39, 0.29) is 5.91 Å². The molecular weight excluding hydrogens is 320 g/mol. The molecule has 0 aliphatic heterocycles. The Bertz CT molecular complexity index is 853. The zero-order chi connectivity index (χ0) is 15.7. The van der Waals surface area contributed by atoms with E-state index < -0.39 is 5.97 Å². The number of methoxy groups -OCH3 is 1. The summed E-state index contributed by atoms with van der Waals surface area (Å²) in [4.78, 5) is 29.9. The number of thiophene rings is 1. The fourth-order valence-corrected chi connectivity index (χ4v) is 3.56. The van der Waals surface area contributed by atoms with E-state index in [1.807, 2.05) is 23.6 Å². The number of benzene rings is 1. The van der Waals surface area contributed by atoms with Gasteiger partial charge in [-0.05, 0) is 35.0 Å². The van der Waals surface area contributed by atoms with Crippen LogP contribution in [0.25, 0.3) is 10.1 Å². The molecule has 22 heavy (non-hydrogen) atoms. The molecule has 7 heteroatoms. The van der Waals surface area contributed by atoms with Gasteiger partial charge in [-0.3, -0.25) is 9.69 Å². The minimum atomic E-state index is -0.454. The fourth-order valence-electron chi connectivity index (χ4n) is 2.00. The smallest absolute Gasteiger partial charge is 0.349 e. The molecule has 0 aliphatic rings. The van der Waals surface area contributed by atoms with E-state index >= 15 is 0 Å². The van der Waals surface area contributed by atoms with E-state index in [2.05, 4.69) is 9.72 Å². The number of hydrogen-bond acceptors (Lipinski definition) is 6. The van der Waals surface area contributed by atoms with E-state index in [1.54, 1.807) is 24.5 Å². The molecule has 2 heterocycles. The van der Waals surface area contributed by atoms with Gasteiger partial charge >= 0.3 is 5.97 Å². The molecule has 1 aromatic carbocycles. The van der Waals surface area contributed by atoms with Gasteiger partial charge in [-0.15, -0.1) is 11.3 Å². The largest absolute Gasteiger partial charge is 0.465 e. The summed E-state index contributed by atoms with van der Waals surface area (Å²) in [5.74, 6) is -0.622. The number of carbonyl (C=O) groups excluding carboxylic acids is 2. The van der Waals surface area contributed by atoms with Crippen LogP contribution in [0, 0.1) is 0 Å². The molecular formula is C15H12N2O3S2. The Balaban J connectivity index is 1.87. The molecule has 0 fully saturated rings. The second-order valence-electron chi connectivity index (χ2n) is 4.54. The van der Waals surface area contributed by atoms with E-state index in [1.165, 1.54) is 18.2 Å². The second-order valence-corrected chi connectivity index (χ2v) is 6.49. The Morgan fingerprint density at radius 2 is 2.09 bits per heavy atom. The van der Waals surface area contributed by atoms with Crippen LogP contribution in [0.15, 0.2) is 35.8 Å². The summed E-state index contributed by atoms with van der Waals surface area (Å²) < 4.78 is 5.78. The van der Waals surface area contributed by atoms with Crippen molar-refractivity contribution in [3.8, 4) is 0 Å². The first-order valence-corrected chi connectivity index (χ1v) is 8.09. The minimum Gasteiger partial charge on any atom is -0.465 e. The molecule has 0 spiro atoms. The Labute approximate surface area is 134 Å². The molecule has 0 radical (unpaired) electrons. The van der Waals surface area contributed by atoms with Crippen molar-refractivity contribution in [3.63, 3.8) is 0 Å². The number of carbonyl (C=O) groups is 2. The molecule has 0 aliphatic carbocycles. The third kappa shape index (κ3) is 2.60. The number of hydrogen-bond donors (Lipinski definition) is 0.